The molecule has 0 bridgehead atoms. The smallest absolute Gasteiger partial charge is 0.123 e. The van der Waals surface area contributed by atoms with Crippen molar-refractivity contribution in [1.82, 2.24) is 4.98 Å². The van der Waals surface area contributed by atoms with Gasteiger partial charge in [-0.1, -0.05) is 23.7 Å². The number of nitrogens with zero attached hydrogens (tertiary/aromatic N) is 1. The molecule has 0 fully saturated rings. The third kappa shape index (κ3) is 3.22. The van der Waals surface area contributed by atoms with E-state index in [1.165, 1.54) is 12.1 Å². The molecule has 2 aromatic rings. The Bertz CT molecular complexity index is 473. The van der Waals surface area contributed by atoms with Crippen molar-refractivity contribution >= 4 is 23.4 Å². The first-order valence-electron chi connectivity index (χ1n) is 4.73. The summed E-state index contributed by atoms with van der Waals surface area (Å²) in [6.07, 6.45) is 1.61. The number of rotatable bonds is 3. The molecule has 0 saturated heterocycles. The summed E-state index contributed by atoms with van der Waals surface area (Å²) in [5.74, 6) is 0.494. The molecule has 0 saturated carbocycles. The lowest BCUT2D eigenvalue weighted by molar-refractivity contribution is 0.626. The van der Waals surface area contributed by atoms with Gasteiger partial charge in [-0.2, -0.15) is 0 Å². The minimum atomic E-state index is -0.206. The molecule has 0 amide bonds. The van der Waals surface area contributed by atoms with E-state index in [2.05, 4.69) is 4.98 Å². The molecular formula is C12H9ClFNS. The van der Waals surface area contributed by atoms with Gasteiger partial charge in [-0.15, -0.1) is 11.8 Å². The Balaban J connectivity index is 1.99. The maximum Gasteiger partial charge on any atom is 0.123 e. The summed E-state index contributed by atoms with van der Waals surface area (Å²) in [6.45, 7) is 0. The van der Waals surface area contributed by atoms with Crippen LogP contribution in [0.5, 0.6) is 0 Å². The average Bonchev–Trinajstić information content (AvgIpc) is 2.28. The summed E-state index contributed by atoms with van der Waals surface area (Å²) in [5.41, 5.74) is 0.946. The quantitative estimate of drug-likeness (QED) is 0.762. The molecule has 0 spiro atoms. The van der Waals surface area contributed by atoms with Crippen LogP contribution in [0.15, 0.2) is 47.6 Å². The van der Waals surface area contributed by atoms with Gasteiger partial charge >= 0.3 is 0 Å². The maximum absolute atomic E-state index is 12.9. The van der Waals surface area contributed by atoms with Gasteiger partial charge in [0.1, 0.15) is 5.82 Å². The van der Waals surface area contributed by atoms with Gasteiger partial charge in [0.15, 0.2) is 0 Å². The number of pyridine rings is 1. The molecule has 0 unspecified atom stereocenters. The molecule has 4 heteroatoms. The molecule has 82 valence electrons. The fourth-order valence-corrected chi connectivity index (χ4v) is 2.13. The Labute approximate surface area is 103 Å². The van der Waals surface area contributed by atoms with Gasteiger partial charge < -0.3 is 0 Å². The molecule has 0 atom stereocenters. The fourth-order valence-electron chi connectivity index (χ4n) is 1.23. The first-order valence-corrected chi connectivity index (χ1v) is 6.09. The van der Waals surface area contributed by atoms with Crippen molar-refractivity contribution in [3.8, 4) is 0 Å². The van der Waals surface area contributed by atoms with Crippen molar-refractivity contribution < 1.29 is 4.39 Å². The highest BCUT2D eigenvalue weighted by atomic mass is 35.5. The van der Waals surface area contributed by atoms with Crippen molar-refractivity contribution in [3.63, 3.8) is 0 Å². The molecular weight excluding hydrogens is 245 g/mol. The Morgan fingerprint density at radius 2 is 2.12 bits per heavy atom. The number of hydrogen-bond donors (Lipinski definition) is 0. The summed E-state index contributed by atoms with van der Waals surface area (Å²) in [7, 11) is 0. The van der Waals surface area contributed by atoms with Gasteiger partial charge in [0, 0.05) is 11.9 Å². The molecule has 0 N–H and O–H groups in total. The van der Waals surface area contributed by atoms with E-state index in [0.717, 1.165) is 10.6 Å². The summed E-state index contributed by atoms with van der Waals surface area (Å²) >= 11 is 7.28. The molecule has 0 aliphatic heterocycles. The molecule has 0 aliphatic rings. The van der Waals surface area contributed by atoms with E-state index in [4.69, 9.17) is 11.6 Å². The van der Waals surface area contributed by atoms with Crippen molar-refractivity contribution in [2.75, 3.05) is 0 Å². The van der Waals surface area contributed by atoms with E-state index < -0.39 is 0 Å². The number of thioether (sulfide) groups is 1. The van der Waals surface area contributed by atoms with Crippen LogP contribution in [0.1, 0.15) is 5.56 Å². The Hall–Kier alpha value is -1.06. The van der Waals surface area contributed by atoms with E-state index in [1.54, 1.807) is 30.1 Å². The van der Waals surface area contributed by atoms with Gasteiger partial charge in [-0.05, 0) is 29.8 Å². The van der Waals surface area contributed by atoms with Crippen LogP contribution in [0.2, 0.25) is 5.02 Å². The van der Waals surface area contributed by atoms with Gasteiger partial charge in [-0.25, -0.2) is 9.37 Å². The van der Waals surface area contributed by atoms with Crippen molar-refractivity contribution in [2.45, 2.75) is 10.8 Å². The average molecular weight is 254 g/mol. The van der Waals surface area contributed by atoms with E-state index in [1.807, 2.05) is 12.1 Å². The zero-order valence-electron chi connectivity index (χ0n) is 8.36. The van der Waals surface area contributed by atoms with Crippen LogP contribution in [0.25, 0.3) is 0 Å². The van der Waals surface area contributed by atoms with Gasteiger partial charge in [-0.3, -0.25) is 0 Å². The Kier molecular flexibility index (Phi) is 3.80. The summed E-state index contributed by atoms with van der Waals surface area (Å²) in [6, 6.07) is 10.2. The molecule has 1 aromatic carbocycles. The zero-order valence-corrected chi connectivity index (χ0v) is 9.93. The van der Waals surface area contributed by atoms with Gasteiger partial charge in [0.25, 0.3) is 0 Å². The number of halogens is 2. The normalized spacial score (nSPS) is 10.4. The summed E-state index contributed by atoms with van der Waals surface area (Å²) in [4.78, 5) is 4.15. The second-order valence-electron chi connectivity index (χ2n) is 3.23. The first kappa shape index (κ1) is 11.4. The third-order valence-electron chi connectivity index (χ3n) is 1.98. The second-order valence-corrected chi connectivity index (χ2v) is 4.67. The van der Waals surface area contributed by atoms with Crippen molar-refractivity contribution in [1.29, 1.82) is 0 Å². The van der Waals surface area contributed by atoms with Crippen LogP contribution < -0.4 is 0 Å². The molecule has 1 nitrogen and oxygen atoms in total. The minimum Gasteiger partial charge on any atom is -0.248 e. The van der Waals surface area contributed by atoms with Crippen LogP contribution >= 0.6 is 23.4 Å². The van der Waals surface area contributed by atoms with E-state index in [9.17, 15) is 4.39 Å². The lowest BCUT2D eigenvalue weighted by Gasteiger charge is -2.01. The molecule has 0 radical (unpaired) electrons. The first-order chi connectivity index (χ1) is 7.74. The van der Waals surface area contributed by atoms with Crippen molar-refractivity contribution in [2.24, 2.45) is 0 Å². The van der Waals surface area contributed by atoms with E-state index in [0.29, 0.717) is 10.8 Å². The van der Waals surface area contributed by atoms with E-state index in [-0.39, 0.29) is 5.82 Å². The summed E-state index contributed by atoms with van der Waals surface area (Å²) in [5, 5.41) is 1.50. The highest BCUT2D eigenvalue weighted by Crippen LogP contribution is 2.21. The lowest BCUT2D eigenvalue weighted by Crippen LogP contribution is -1.84. The second kappa shape index (κ2) is 5.32. The van der Waals surface area contributed by atoms with Crippen LogP contribution in [-0.2, 0) is 5.75 Å². The molecule has 1 heterocycles. The molecule has 0 aliphatic carbocycles. The largest absolute Gasteiger partial charge is 0.248 e. The predicted molar refractivity (Wildman–Crippen MR) is 65.2 cm³/mol. The number of hydrogen-bond acceptors (Lipinski definition) is 2. The topological polar surface area (TPSA) is 12.9 Å². The zero-order chi connectivity index (χ0) is 11.4. The Morgan fingerprint density at radius 1 is 1.25 bits per heavy atom. The highest BCUT2D eigenvalue weighted by Gasteiger charge is 1.99. The minimum absolute atomic E-state index is 0.206. The van der Waals surface area contributed by atoms with Gasteiger partial charge in [0.2, 0.25) is 0 Å². The predicted octanol–water partition coefficient (Wildman–Crippen LogP) is 4.17. The maximum atomic E-state index is 12.9. The van der Waals surface area contributed by atoms with Crippen LogP contribution in [0.4, 0.5) is 4.39 Å². The van der Waals surface area contributed by atoms with Crippen LogP contribution in [-0.4, -0.2) is 4.98 Å². The number of benzene rings is 1. The fraction of sp³-hybridized carbons (Fsp3) is 0.0833. The standard InChI is InChI=1S/C12H9ClFNS/c13-10-4-5-12(15-7-10)16-8-9-2-1-3-11(14)6-9/h1-7H,8H2. The highest BCUT2D eigenvalue weighted by molar-refractivity contribution is 7.98. The van der Waals surface area contributed by atoms with E-state index >= 15 is 0 Å². The molecule has 16 heavy (non-hydrogen) atoms. The van der Waals surface area contributed by atoms with Gasteiger partial charge in [0.05, 0.1) is 10.0 Å². The number of aromatic nitrogens is 1. The molecule has 2 rings (SSSR count). The monoisotopic (exact) mass is 253 g/mol. The third-order valence-corrected chi connectivity index (χ3v) is 3.21. The summed E-state index contributed by atoms with van der Waals surface area (Å²) < 4.78 is 12.9. The van der Waals surface area contributed by atoms with Crippen LogP contribution in [0, 0.1) is 5.82 Å². The lowest BCUT2D eigenvalue weighted by atomic mass is 10.2. The SMILES string of the molecule is Fc1cccc(CSc2ccc(Cl)cn2)c1. The van der Waals surface area contributed by atoms with Crippen LogP contribution in [0.3, 0.4) is 0 Å². The molecule has 1 aromatic heterocycles. The van der Waals surface area contributed by atoms with Crippen molar-refractivity contribution in [3.05, 3.63) is 59.0 Å². The Morgan fingerprint density at radius 3 is 2.81 bits per heavy atom.